The number of fused-ring (bicyclic) bond motifs is 2. The number of carbonyl (C=O) groups excluding carboxylic acids is 6. The summed E-state index contributed by atoms with van der Waals surface area (Å²) in [5, 5.41) is 12.3. The fourth-order valence-corrected chi connectivity index (χ4v) is 12.3. The first kappa shape index (κ1) is 63.5. The van der Waals surface area contributed by atoms with E-state index in [1.807, 2.05) is 49.4 Å². The molecule has 8 rings (SSSR count). The SMILES string of the molecule is CC[C@@H](C)C(=O)N[C@@H](Cc1ccc(OS(=O)(=O)F)cc1)C(=O)N1CCC[C@H]1C(=O)N[C@@H]1Cc2ccccc2[C@@H]1OCCCOCCO[C@H]1c2ccccc2C[C@H]1CC(=O)[C@@H]1CCCN1C(=O)[C@H](CNCc1ccc(F)cc1)CC(=O)[C@H](C)NC. The molecule has 2 saturated heterocycles. The van der Waals surface area contributed by atoms with E-state index in [9.17, 15) is 45.5 Å². The summed E-state index contributed by atoms with van der Waals surface area (Å²) in [7, 11) is -3.54. The molecule has 2 heterocycles. The second-order valence-electron chi connectivity index (χ2n) is 22.6. The van der Waals surface area contributed by atoms with Crippen LogP contribution < -0.4 is 25.5 Å². The zero-order chi connectivity index (χ0) is 59.9. The molecule has 454 valence electrons. The van der Waals surface area contributed by atoms with Crippen molar-refractivity contribution in [2.24, 2.45) is 17.8 Å². The summed E-state index contributed by atoms with van der Waals surface area (Å²) in [6, 6.07) is 24.1. The average Bonchev–Trinajstić information content (AvgIpc) is 4.50. The number of rotatable bonds is 31. The number of halogens is 2. The molecule has 18 nitrogen and oxygen atoms in total. The van der Waals surface area contributed by atoms with Crippen molar-refractivity contribution in [3.63, 3.8) is 0 Å². The minimum absolute atomic E-state index is 0.00884. The van der Waals surface area contributed by atoms with Crippen molar-refractivity contribution in [3.05, 3.63) is 136 Å². The third kappa shape index (κ3) is 16.9. The number of ether oxygens (including phenoxy) is 3. The molecular weight excluding hydrogens is 1100 g/mol. The molecule has 2 aliphatic carbocycles. The molecule has 10 atom stereocenters. The lowest BCUT2D eigenvalue weighted by molar-refractivity contribution is -0.143. The van der Waals surface area contributed by atoms with Crippen molar-refractivity contribution in [3.8, 4) is 5.75 Å². The van der Waals surface area contributed by atoms with Crippen molar-refractivity contribution in [2.75, 3.05) is 53.1 Å². The minimum Gasteiger partial charge on any atom is -0.379 e. The monoisotopic (exact) mass is 1180 g/mol. The minimum atomic E-state index is -5.24. The number of likely N-dealkylation sites (tertiary alicyclic amines) is 2. The van der Waals surface area contributed by atoms with Gasteiger partial charge in [-0.25, -0.2) is 4.39 Å². The van der Waals surface area contributed by atoms with Crippen molar-refractivity contribution >= 4 is 45.7 Å². The second kappa shape index (κ2) is 30.0. The summed E-state index contributed by atoms with van der Waals surface area (Å²) >= 11 is 0. The molecular formula is C63H80F2N6O12S. The lowest BCUT2D eigenvalue weighted by atomic mass is 9.92. The van der Waals surface area contributed by atoms with Gasteiger partial charge in [-0.1, -0.05) is 90.5 Å². The lowest BCUT2D eigenvalue weighted by Crippen LogP contribution is -2.56. The van der Waals surface area contributed by atoms with Gasteiger partial charge in [-0.05, 0) is 123 Å². The van der Waals surface area contributed by atoms with Gasteiger partial charge in [-0.3, -0.25) is 28.8 Å². The highest BCUT2D eigenvalue weighted by Gasteiger charge is 2.43. The van der Waals surface area contributed by atoms with Gasteiger partial charge in [0.2, 0.25) is 23.6 Å². The van der Waals surface area contributed by atoms with Crippen molar-refractivity contribution in [2.45, 2.75) is 140 Å². The number of likely N-dealkylation sites (N-methyl/N-ethyl adjacent to an activating group) is 1. The number of hydrogen-bond acceptors (Lipinski definition) is 14. The molecule has 4 aliphatic rings. The number of Topliss-reactive ketones (excluding diaryl/α,β-unsaturated/α-hetero) is 2. The Morgan fingerprint density at radius 1 is 0.738 bits per heavy atom. The van der Waals surface area contributed by atoms with Crippen LogP contribution >= 0.6 is 0 Å². The Kier molecular flexibility index (Phi) is 22.7. The highest BCUT2D eigenvalue weighted by Crippen LogP contribution is 2.42. The first-order valence-electron chi connectivity index (χ1n) is 29.5. The van der Waals surface area contributed by atoms with Crippen LogP contribution in [0.3, 0.4) is 0 Å². The Balaban J connectivity index is 0.819. The maximum atomic E-state index is 14.4. The third-order valence-electron chi connectivity index (χ3n) is 16.8. The van der Waals surface area contributed by atoms with Crippen LogP contribution in [0.1, 0.15) is 118 Å². The fraction of sp³-hybridized carbons (Fsp3) is 0.524. The molecule has 2 fully saturated rings. The topological polar surface area (TPSA) is 228 Å². The fourth-order valence-electron chi connectivity index (χ4n) is 12.0. The van der Waals surface area contributed by atoms with E-state index in [-0.39, 0.29) is 85.3 Å². The smallest absolute Gasteiger partial charge is 0.379 e. The second-order valence-corrected chi connectivity index (χ2v) is 23.6. The maximum absolute atomic E-state index is 14.4. The Hall–Kier alpha value is -6.49. The van der Waals surface area contributed by atoms with E-state index in [1.165, 1.54) is 41.3 Å². The van der Waals surface area contributed by atoms with Gasteiger partial charge in [0.05, 0.1) is 43.4 Å². The third-order valence-corrected chi connectivity index (χ3v) is 17.2. The average molecular weight is 1180 g/mol. The molecule has 4 N–H and O–H groups in total. The van der Waals surface area contributed by atoms with Crippen molar-refractivity contribution < 1.29 is 63.9 Å². The van der Waals surface area contributed by atoms with Gasteiger partial charge in [0.25, 0.3) is 0 Å². The quantitative estimate of drug-likeness (QED) is 0.0310. The normalized spacial score (nSPS) is 21.5. The first-order valence-corrected chi connectivity index (χ1v) is 30.8. The lowest BCUT2D eigenvalue weighted by Gasteiger charge is -2.31. The molecule has 0 bridgehead atoms. The molecule has 0 unspecified atom stereocenters. The van der Waals surface area contributed by atoms with E-state index in [2.05, 4.69) is 31.5 Å². The van der Waals surface area contributed by atoms with Crippen LogP contribution in [0.15, 0.2) is 97.1 Å². The zero-order valence-corrected chi connectivity index (χ0v) is 49.2. The highest BCUT2D eigenvalue weighted by molar-refractivity contribution is 7.81. The van der Waals surface area contributed by atoms with E-state index in [4.69, 9.17) is 14.2 Å². The summed E-state index contributed by atoms with van der Waals surface area (Å²) in [6.07, 6.45) is 3.87. The molecule has 4 aromatic rings. The van der Waals surface area contributed by atoms with Crippen LogP contribution in [0.5, 0.6) is 5.75 Å². The molecule has 0 radical (unpaired) electrons. The van der Waals surface area contributed by atoms with Crippen molar-refractivity contribution in [1.29, 1.82) is 0 Å². The summed E-state index contributed by atoms with van der Waals surface area (Å²) < 4.78 is 72.2. The predicted molar refractivity (Wildman–Crippen MR) is 310 cm³/mol. The van der Waals surface area contributed by atoms with Gasteiger partial charge in [0.1, 0.15) is 35.5 Å². The Labute approximate surface area is 491 Å². The van der Waals surface area contributed by atoms with Gasteiger partial charge < -0.3 is 49.5 Å². The predicted octanol–water partition coefficient (Wildman–Crippen LogP) is 6.54. The zero-order valence-electron chi connectivity index (χ0n) is 48.4. The van der Waals surface area contributed by atoms with E-state index >= 15 is 0 Å². The molecule has 4 aromatic carbocycles. The number of hydrogen-bond donors (Lipinski definition) is 4. The number of amides is 4. The van der Waals surface area contributed by atoms with Gasteiger partial charge in [-0.15, -0.1) is 0 Å². The van der Waals surface area contributed by atoms with Crippen LogP contribution in [0.4, 0.5) is 8.28 Å². The van der Waals surface area contributed by atoms with E-state index in [1.54, 1.807) is 37.9 Å². The van der Waals surface area contributed by atoms with Crippen LogP contribution in [-0.2, 0) is 79.3 Å². The van der Waals surface area contributed by atoms with E-state index < -0.39 is 64.6 Å². The summed E-state index contributed by atoms with van der Waals surface area (Å²) in [6.45, 7) is 7.97. The van der Waals surface area contributed by atoms with E-state index in [0.717, 1.165) is 27.8 Å². The highest BCUT2D eigenvalue weighted by atomic mass is 32.3. The standard InChI is InChI=1S/C63H80F2N6O12S/c1-5-40(2)60(74)69-53(33-42-21-25-49(26-22-42)83-84(65,78)79)63(77)71-28-11-18-55(71)61(75)68-52-35-45-14-7-9-16-51(45)59(52)81-30-12-29-80-31-32-82-58-46(34-44-13-6-8-15-50(44)58)36-57(73)54-17-10-27-70(54)62(76)47(37-56(72)41(3)66-4)39-67-38-43-19-23-48(64)24-20-43/h6-9,13-16,19-26,40-41,46-47,52-55,58-59,66-67H,5,10-12,17-18,27-39H2,1-4H3,(H,68,75)(H,69,74)/t40-,41+,46+,47+,52-,53+,54+,55+,58-,59+/m1/s1. The van der Waals surface area contributed by atoms with Crippen LogP contribution in [-0.4, -0.2) is 137 Å². The molecule has 0 spiro atoms. The molecule has 84 heavy (non-hydrogen) atoms. The molecule has 4 amide bonds. The summed E-state index contributed by atoms with van der Waals surface area (Å²) in [5.41, 5.74) is 5.53. The number of benzene rings is 4. The van der Waals surface area contributed by atoms with Gasteiger partial charge >= 0.3 is 10.5 Å². The molecule has 21 heteroatoms. The number of carbonyl (C=O) groups is 6. The largest absolute Gasteiger partial charge is 0.488 e. The Morgan fingerprint density at radius 2 is 1.37 bits per heavy atom. The van der Waals surface area contributed by atoms with Gasteiger partial charge in [0.15, 0.2) is 5.78 Å². The van der Waals surface area contributed by atoms with Gasteiger partial charge in [-0.2, -0.15) is 8.42 Å². The first-order chi connectivity index (χ1) is 40.4. The maximum Gasteiger partial charge on any atom is 0.488 e. The Bertz CT molecular complexity index is 3030. The van der Waals surface area contributed by atoms with E-state index in [0.29, 0.717) is 96.4 Å². The van der Waals surface area contributed by atoms with Gasteiger partial charge in [0, 0.05) is 70.5 Å². The molecule has 2 aliphatic heterocycles. The number of nitrogens with one attached hydrogen (secondary N) is 4. The number of nitrogens with zero attached hydrogens (tertiary/aromatic N) is 2. The van der Waals surface area contributed by atoms with Crippen LogP contribution in [0.25, 0.3) is 0 Å². The van der Waals surface area contributed by atoms with Crippen molar-refractivity contribution in [1.82, 2.24) is 31.1 Å². The van der Waals surface area contributed by atoms with Crippen LogP contribution in [0, 0.1) is 23.6 Å². The number of ketones is 2. The molecule has 0 aromatic heterocycles. The molecule has 0 saturated carbocycles. The summed E-state index contributed by atoms with van der Waals surface area (Å²) in [4.78, 5) is 86.9. The van der Waals surface area contributed by atoms with Crippen LogP contribution in [0.2, 0.25) is 0 Å². The Morgan fingerprint density at radius 3 is 2.05 bits per heavy atom. The summed E-state index contributed by atoms with van der Waals surface area (Å²) in [5.74, 6) is -3.28.